The zero-order chi connectivity index (χ0) is 14.0. The van der Waals surface area contributed by atoms with Gasteiger partial charge in [-0.1, -0.05) is 0 Å². The molecule has 1 atom stereocenters. The van der Waals surface area contributed by atoms with Gasteiger partial charge in [0.25, 0.3) is 0 Å². The number of alkyl halides is 3. The van der Waals surface area contributed by atoms with E-state index in [4.69, 9.17) is 5.73 Å². The van der Waals surface area contributed by atoms with Crippen LogP contribution in [0.4, 0.5) is 24.9 Å². The van der Waals surface area contributed by atoms with Crippen LogP contribution >= 0.6 is 0 Å². The minimum Gasteiger partial charge on any atom is -0.368 e. The average Bonchev–Trinajstić information content (AvgIpc) is 2.71. The van der Waals surface area contributed by atoms with Crippen molar-refractivity contribution in [2.24, 2.45) is 0 Å². The number of halogens is 3. The van der Waals surface area contributed by atoms with Gasteiger partial charge in [0.1, 0.15) is 5.82 Å². The molecular formula is C10H12F3N5O. The zero-order valence-electron chi connectivity index (χ0n) is 9.79. The minimum atomic E-state index is -4.57. The highest BCUT2D eigenvalue weighted by molar-refractivity contribution is 5.78. The van der Waals surface area contributed by atoms with Crippen LogP contribution < -0.4 is 16.4 Å². The number of carbonyl (C=O) groups excluding carboxylic acids is 1. The second-order valence-corrected chi connectivity index (χ2v) is 4.18. The van der Waals surface area contributed by atoms with Gasteiger partial charge < -0.3 is 16.4 Å². The maximum absolute atomic E-state index is 12.5. The lowest BCUT2D eigenvalue weighted by Gasteiger charge is -2.13. The molecule has 1 amide bonds. The highest BCUT2D eigenvalue weighted by atomic mass is 19.4. The van der Waals surface area contributed by atoms with Crippen LogP contribution in [-0.4, -0.2) is 28.5 Å². The maximum Gasteiger partial charge on any atom is 0.433 e. The van der Waals surface area contributed by atoms with Gasteiger partial charge in [-0.3, -0.25) is 4.79 Å². The molecule has 2 rings (SSSR count). The second kappa shape index (κ2) is 4.90. The van der Waals surface area contributed by atoms with Gasteiger partial charge in [-0.15, -0.1) is 0 Å². The van der Waals surface area contributed by atoms with Crippen LogP contribution in [0.1, 0.15) is 18.5 Å². The molecule has 0 saturated carbocycles. The Kier molecular flexibility index (Phi) is 3.45. The van der Waals surface area contributed by atoms with Crippen LogP contribution in [0, 0.1) is 0 Å². The Morgan fingerprint density at radius 2 is 2.21 bits per heavy atom. The van der Waals surface area contributed by atoms with Crippen molar-refractivity contribution in [3.63, 3.8) is 0 Å². The Morgan fingerprint density at radius 1 is 1.47 bits per heavy atom. The first-order valence-electron chi connectivity index (χ1n) is 5.59. The lowest BCUT2D eigenvalue weighted by molar-refractivity contribution is -0.141. The normalized spacial score (nSPS) is 19.3. The number of hydrogen-bond donors (Lipinski definition) is 3. The van der Waals surface area contributed by atoms with Crippen LogP contribution in [0.5, 0.6) is 0 Å². The molecule has 9 heteroatoms. The Morgan fingerprint density at radius 3 is 2.79 bits per heavy atom. The van der Waals surface area contributed by atoms with Gasteiger partial charge in [-0.05, 0) is 6.42 Å². The van der Waals surface area contributed by atoms with Gasteiger partial charge in [0, 0.05) is 25.1 Å². The van der Waals surface area contributed by atoms with Crippen LogP contribution in [0.15, 0.2) is 6.07 Å². The van der Waals surface area contributed by atoms with Gasteiger partial charge in [-0.2, -0.15) is 18.2 Å². The molecule has 0 aromatic carbocycles. The molecule has 1 aromatic heterocycles. The quantitative estimate of drug-likeness (QED) is 0.757. The fourth-order valence-corrected chi connectivity index (χ4v) is 1.76. The number of amides is 1. The number of rotatable bonds is 3. The Hall–Kier alpha value is -2.06. The van der Waals surface area contributed by atoms with Crippen molar-refractivity contribution in [2.75, 3.05) is 17.6 Å². The van der Waals surface area contributed by atoms with Gasteiger partial charge in [-0.25, -0.2) is 4.98 Å². The van der Waals surface area contributed by atoms with Gasteiger partial charge in [0.2, 0.25) is 11.9 Å². The van der Waals surface area contributed by atoms with Crippen LogP contribution in [0.25, 0.3) is 0 Å². The van der Waals surface area contributed by atoms with Crippen molar-refractivity contribution in [2.45, 2.75) is 25.1 Å². The summed E-state index contributed by atoms with van der Waals surface area (Å²) >= 11 is 0. The van der Waals surface area contributed by atoms with Gasteiger partial charge in [0.05, 0.1) is 0 Å². The summed E-state index contributed by atoms with van der Waals surface area (Å²) in [6.45, 7) is 0.291. The second-order valence-electron chi connectivity index (χ2n) is 4.18. The smallest absolute Gasteiger partial charge is 0.368 e. The highest BCUT2D eigenvalue weighted by Crippen LogP contribution is 2.29. The molecule has 1 fully saturated rings. The van der Waals surface area contributed by atoms with E-state index in [0.29, 0.717) is 19.4 Å². The monoisotopic (exact) mass is 275 g/mol. The van der Waals surface area contributed by atoms with Crippen molar-refractivity contribution >= 4 is 17.7 Å². The molecule has 6 nitrogen and oxygen atoms in total. The Balaban J connectivity index is 2.04. The summed E-state index contributed by atoms with van der Waals surface area (Å²) in [6, 6.07) is 0.672. The van der Waals surface area contributed by atoms with E-state index in [1.165, 1.54) is 0 Å². The van der Waals surface area contributed by atoms with Gasteiger partial charge >= 0.3 is 6.18 Å². The molecule has 2 heterocycles. The molecule has 104 valence electrons. The fraction of sp³-hybridized carbons (Fsp3) is 0.500. The molecule has 0 bridgehead atoms. The number of nitrogens with one attached hydrogen (secondary N) is 2. The molecule has 0 aliphatic carbocycles. The van der Waals surface area contributed by atoms with E-state index in [9.17, 15) is 18.0 Å². The molecular weight excluding hydrogens is 263 g/mol. The Bertz CT molecular complexity index is 491. The summed E-state index contributed by atoms with van der Waals surface area (Å²) in [5.74, 6) is -0.529. The zero-order valence-corrected chi connectivity index (χ0v) is 9.79. The molecule has 0 radical (unpaired) electrons. The minimum absolute atomic E-state index is 0.0130. The molecule has 4 N–H and O–H groups in total. The molecule has 19 heavy (non-hydrogen) atoms. The van der Waals surface area contributed by atoms with Crippen molar-refractivity contribution < 1.29 is 18.0 Å². The van der Waals surface area contributed by atoms with Crippen molar-refractivity contribution in [1.29, 1.82) is 0 Å². The number of nitrogens with two attached hydrogens (primary N) is 1. The van der Waals surface area contributed by atoms with E-state index in [1.807, 2.05) is 0 Å². The molecule has 1 saturated heterocycles. The van der Waals surface area contributed by atoms with Crippen LogP contribution in [0.3, 0.4) is 0 Å². The summed E-state index contributed by atoms with van der Waals surface area (Å²) in [6.07, 6.45) is -3.51. The lowest BCUT2D eigenvalue weighted by Crippen LogP contribution is -2.32. The number of nitrogen functional groups attached to an aromatic ring is 1. The largest absolute Gasteiger partial charge is 0.433 e. The van der Waals surface area contributed by atoms with Gasteiger partial charge in [0.15, 0.2) is 5.69 Å². The number of carbonyl (C=O) groups is 1. The predicted molar refractivity (Wildman–Crippen MR) is 61.1 cm³/mol. The van der Waals surface area contributed by atoms with Crippen LogP contribution in [-0.2, 0) is 11.0 Å². The Labute approximate surface area is 106 Å². The topological polar surface area (TPSA) is 92.9 Å². The van der Waals surface area contributed by atoms with E-state index in [2.05, 4.69) is 20.6 Å². The predicted octanol–water partition coefficient (Wildman–Crippen LogP) is 0.768. The van der Waals surface area contributed by atoms with E-state index in [1.54, 1.807) is 0 Å². The van der Waals surface area contributed by atoms with E-state index in [-0.39, 0.29) is 17.8 Å². The third-order valence-electron chi connectivity index (χ3n) is 2.65. The first-order chi connectivity index (χ1) is 8.84. The van der Waals surface area contributed by atoms with E-state index < -0.39 is 17.8 Å². The first-order valence-corrected chi connectivity index (χ1v) is 5.59. The standard InChI is InChI=1S/C10H12F3N5O/c11-10(12,13)6-3-7(18-9(14)17-6)15-4-5-1-2-8(19)16-5/h3,5H,1-2,4H2,(H,16,19)(H3,14,15,17,18). The summed E-state index contributed by atoms with van der Waals surface area (Å²) < 4.78 is 37.5. The van der Waals surface area contributed by atoms with E-state index >= 15 is 0 Å². The fourth-order valence-electron chi connectivity index (χ4n) is 1.76. The van der Waals surface area contributed by atoms with Crippen molar-refractivity contribution in [1.82, 2.24) is 15.3 Å². The molecule has 0 spiro atoms. The maximum atomic E-state index is 12.5. The summed E-state index contributed by atoms with van der Waals surface area (Å²) in [4.78, 5) is 17.8. The third-order valence-corrected chi connectivity index (χ3v) is 2.65. The van der Waals surface area contributed by atoms with Crippen molar-refractivity contribution in [3.8, 4) is 0 Å². The number of nitrogens with zero attached hydrogens (tertiary/aromatic N) is 2. The van der Waals surface area contributed by atoms with Crippen molar-refractivity contribution in [3.05, 3.63) is 11.8 Å². The molecule has 1 unspecified atom stereocenters. The lowest BCUT2D eigenvalue weighted by atomic mass is 10.2. The number of anilines is 2. The van der Waals surface area contributed by atoms with Crippen LogP contribution in [0.2, 0.25) is 0 Å². The first kappa shape index (κ1) is 13.4. The molecule has 1 aliphatic rings. The number of hydrogen-bond acceptors (Lipinski definition) is 5. The summed E-state index contributed by atoms with van der Waals surface area (Å²) in [5.41, 5.74) is 4.13. The molecule has 1 aliphatic heterocycles. The SMILES string of the molecule is Nc1nc(NCC2CCC(=O)N2)cc(C(F)(F)F)n1. The third kappa shape index (κ3) is 3.46. The molecule has 1 aromatic rings. The summed E-state index contributed by atoms with van der Waals surface area (Å²) in [7, 11) is 0. The summed E-state index contributed by atoms with van der Waals surface area (Å²) in [5, 5.41) is 5.40. The van der Waals surface area contributed by atoms with E-state index in [0.717, 1.165) is 6.07 Å². The number of aromatic nitrogens is 2. The average molecular weight is 275 g/mol. The highest BCUT2D eigenvalue weighted by Gasteiger charge is 2.33.